The first-order valence-electron chi connectivity index (χ1n) is 5.08. The van der Waals surface area contributed by atoms with Crippen LogP contribution >= 0.6 is 0 Å². The third-order valence-corrected chi connectivity index (χ3v) is 2.24. The smallest absolute Gasteiger partial charge is 0.259 e. The van der Waals surface area contributed by atoms with Gasteiger partial charge in [0.05, 0.1) is 0 Å². The number of methoxy groups -OCH3 is 1. The van der Waals surface area contributed by atoms with E-state index in [9.17, 15) is 9.59 Å². The van der Waals surface area contributed by atoms with Crippen LogP contribution in [-0.4, -0.2) is 43.1 Å². The van der Waals surface area contributed by atoms with E-state index in [-0.39, 0.29) is 16.9 Å². The number of hydrogen-bond acceptors (Lipinski definition) is 3. The van der Waals surface area contributed by atoms with Crippen LogP contribution < -0.4 is 5.43 Å². The van der Waals surface area contributed by atoms with Crippen molar-refractivity contribution in [1.82, 2.24) is 9.88 Å². The van der Waals surface area contributed by atoms with Crippen LogP contribution in [0.2, 0.25) is 0 Å². The normalized spacial score (nSPS) is 10.1. The van der Waals surface area contributed by atoms with Gasteiger partial charge in [-0.3, -0.25) is 9.59 Å². The Kier molecular flexibility index (Phi) is 4.72. The molecule has 1 amide bonds. The van der Waals surface area contributed by atoms with Gasteiger partial charge < -0.3 is 14.6 Å². The lowest BCUT2D eigenvalue weighted by Gasteiger charge is -2.16. The van der Waals surface area contributed by atoms with Crippen LogP contribution in [-0.2, 0) is 4.74 Å². The van der Waals surface area contributed by atoms with Gasteiger partial charge in [-0.15, -0.1) is 0 Å². The summed E-state index contributed by atoms with van der Waals surface area (Å²) in [6.45, 7) is 1.17. The standard InChI is InChI=1S/C11H16N2O3/c1-13(6-3-7-16-2)11(15)9-8-12-5-4-10(9)14/h4-5,8H,3,6-7H2,1-2H3,(H,12,14). The molecule has 0 aliphatic heterocycles. The molecule has 5 heteroatoms. The number of hydrogen-bond donors (Lipinski definition) is 1. The number of rotatable bonds is 5. The van der Waals surface area contributed by atoms with E-state index in [4.69, 9.17) is 4.74 Å². The number of carbonyl (C=O) groups excluding carboxylic acids is 1. The highest BCUT2D eigenvalue weighted by atomic mass is 16.5. The van der Waals surface area contributed by atoms with Crippen LogP contribution in [0.15, 0.2) is 23.3 Å². The number of nitrogens with zero attached hydrogens (tertiary/aromatic N) is 1. The van der Waals surface area contributed by atoms with Crippen LogP contribution in [0.4, 0.5) is 0 Å². The maximum Gasteiger partial charge on any atom is 0.259 e. The van der Waals surface area contributed by atoms with Crippen molar-refractivity contribution in [1.29, 1.82) is 0 Å². The molecule has 0 saturated carbocycles. The van der Waals surface area contributed by atoms with Gasteiger partial charge in [-0.1, -0.05) is 0 Å². The van der Waals surface area contributed by atoms with Crippen LogP contribution in [0.5, 0.6) is 0 Å². The van der Waals surface area contributed by atoms with Gasteiger partial charge in [0.1, 0.15) is 5.56 Å². The fraction of sp³-hybridized carbons (Fsp3) is 0.455. The second-order valence-electron chi connectivity index (χ2n) is 3.50. The molecule has 0 aliphatic carbocycles. The van der Waals surface area contributed by atoms with Gasteiger partial charge in [-0.2, -0.15) is 0 Å². The lowest BCUT2D eigenvalue weighted by molar-refractivity contribution is 0.0777. The van der Waals surface area contributed by atoms with Gasteiger partial charge >= 0.3 is 0 Å². The Balaban J connectivity index is 2.64. The molecular formula is C11H16N2O3. The highest BCUT2D eigenvalue weighted by Crippen LogP contribution is 1.97. The minimum absolute atomic E-state index is 0.169. The predicted octanol–water partition coefficient (Wildman–Crippen LogP) is 0.483. The van der Waals surface area contributed by atoms with E-state index in [0.717, 1.165) is 6.42 Å². The van der Waals surface area contributed by atoms with Gasteiger partial charge in [0, 0.05) is 45.8 Å². The maximum atomic E-state index is 11.8. The van der Waals surface area contributed by atoms with Crippen LogP contribution in [0.3, 0.4) is 0 Å². The van der Waals surface area contributed by atoms with Crippen LogP contribution in [0.1, 0.15) is 16.8 Å². The monoisotopic (exact) mass is 224 g/mol. The number of aromatic nitrogens is 1. The summed E-state index contributed by atoms with van der Waals surface area (Å²) in [6.07, 6.45) is 3.69. The molecule has 0 saturated heterocycles. The molecule has 0 atom stereocenters. The number of carbonyl (C=O) groups is 1. The summed E-state index contributed by atoms with van der Waals surface area (Å²) in [5.74, 6) is -0.266. The molecule has 0 spiro atoms. The minimum Gasteiger partial charge on any atom is -0.385 e. The van der Waals surface area contributed by atoms with Gasteiger partial charge in [0.25, 0.3) is 5.91 Å². The molecule has 1 heterocycles. The molecule has 0 bridgehead atoms. The first-order chi connectivity index (χ1) is 7.66. The Hall–Kier alpha value is -1.62. The second-order valence-corrected chi connectivity index (χ2v) is 3.50. The lowest BCUT2D eigenvalue weighted by Crippen LogP contribution is -2.32. The molecule has 1 rings (SSSR count). The zero-order valence-electron chi connectivity index (χ0n) is 9.53. The zero-order chi connectivity index (χ0) is 12.0. The highest BCUT2D eigenvalue weighted by Gasteiger charge is 2.13. The highest BCUT2D eigenvalue weighted by molar-refractivity contribution is 5.93. The van der Waals surface area contributed by atoms with Gasteiger partial charge in [-0.25, -0.2) is 0 Å². The van der Waals surface area contributed by atoms with E-state index in [1.54, 1.807) is 14.2 Å². The summed E-state index contributed by atoms with van der Waals surface area (Å²) in [4.78, 5) is 27.5. The van der Waals surface area contributed by atoms with E-state index < -0.39 is 0 Å². The first kappa shape index (κ1) is 12.4. The Morgan fingerprint density at radius 2 is 2.31 bits per heavy atom. The van der Waals surface area contributed by atoms with E-state index in [1.165, 1.54) is 23.4 Å². The Bertz CT molecular complexity index is 400. The van der Waals surface area contributed by atoms with E-state index >= 15 is 0 Å². The molecule has 0 aromatic carbocycles. The molecule has 16 heavy (non-hydrogen) atoms. The summed E-state index contributed by atoms with van der Waals surface area (Å²) >= 11 is 0. The van der Waals surface area contributed by atoms with Gasteiger partial charge in [0.2, 0.25) is 0 Å². The largest absolute Gasteiger partial charge is 0.385 e. The third kappa shape index (κ3) is 3.20. The average Bonchev–Trinajstić information content (AvgIpc) is 2.29. The summed E-state index contributed by atoms with van der Waals surface area (Å²) in [7, 11) is 3.29. The molecule has 1 aromatic heterocycles. The van der Waals surface area contributed by atoms with Gasteiger partial charge in [0.15, 0.2) is 5.43 Å². The SMILES string of the molecule is COCCCN(C)C(=O)c1c[nH]ccc1=O. The summed E-state index contributed by atoms with van der Waals surface area (Å²) in [5, 5.41) is 0. The number of nitrogens with one attached hydrogen (secondary N) is 1. The van der Waals surface area contributed by atoms with E-state index in [1.807, 2.05) is 0 Å². The number of pyridine rings is 1. The summed E-state index contributed by atoms with van der Waals surface area (Å²) < 4.78 is 4.90. The van der Waals surface area contributed by atoms with E-state index in [2.05, 4.69) is 4.98 Å². The molecule has 0 fully saturated rings. The van der Waals surface area contributed by atoms with Crippen molar-refractivity contribution in [3.05, 3.63) is 34.2 Å². The summed E-state index contributed by atoms with van der Waals surface area (Å²) in [5.41, 5.74) is -0.0928. The molecule has 0 unspecified atom stereocenters. The predicted molar refractivity (Wildman–Crippen MR) is 60.5 cm³/mol. The van der Waals surface area contributed by atoms with Gasteiger partial charge in [-0.05, 0) is 6.42 Å². The number of aromatic amines is 1. The molecular weight excluding hydrogens is 208 g/mol. The number of amides is 1. The molecule has 0 radical (unpaired) electrons. The molecule has 1 N–H and O–H groups in total. The van der Waals surface area contributed by atoms with Crippen LogP contribution in [0.25, 0.3) is 0 Å². The average molecular weight is 224 g/mol. The van der Waals surface area contributed by atoms with Crippen molar-refractivity contribution in [2.45, 2.75) is 6.42 Å². The fourth-order valence-corrected chi connectivity index (χ4v) is 1.34. The van der Waals surface area contributed by atoms with Crippen molar-refractivity contribution in [3.8, 4) is 0 Å². The molecule has 5 nitrogen and oxygen atoms in total. The van der Waals surface area contributed by atoms with Crippen LogP contribution in [0, 0.1) is 0 Å². The lowest BCUT2D eigenvalue weighted by atomic mass is 10.2. The Labute approximate surface area is 94.0 Å². The number of ether oxygens (including phenoxy) is 1. The Morgan fingerprint density at radius 1 is 1.56 bits per heavy atom. The van der Waals surface area contributed by atoms with Crippen molar-refractivity contribution in [3.63, 3.8) is 0 Å². The molecule has 0 aliphatic rings. The number of H-pyrrole nitrogens is 1. The Morgan fingerprint density at radius 3 is 2.94 bits per heavy atom. The van der Waals surface area contributed by atoms with Crippen molar-refractivity contribution in [2.24, 2.45) is 0 Å². The maximum absolute atomic E-state index is 11.8. The fourth-order valence-electron chi connectivity index (χ4n) is 1.34. The zero-order valence-corrected chi connectivity index (χ0v) is 9.53. The van der Waals surface area contributed by atoms with E-state index in [0.29, 0.717) is 13.2 Å². The summed E-state index contributed by atoms with van der Waals surface area (Å²) in [6, 6.07) is 1.34. The van der Waals surface area contributed by atoms with Crippen molar-refractivity contribution < 1.29 is 9.53 Å². The second kappa shape index (κ2) is 6.07. The molecule has 1 aromatic rings. The molecule has 88 valence electrons. The topological polar surface area (TPSA) is 62.4 Å². The first-order valence-corrected chi connectivity index (χ1v) is 5.08. The minimum atomic E-state index is -0.266. The quantitative estimate of drug-likeness (QED) is 0.740. The van der Waals surface area contributed by atoms with Crippen molar-refractivity contribution >= 4 is 5.91 Å². The third-order valence-electron chi connectivity index (χ3n) is 2.24. The van der Waals surface area contributed by atoms with Crippen molar-refractivity contribution in [2.75, 3.05) is 27.3 Å².